The van der Waals surface area contributed by atoms with Crippen molar-refractivity contribution in [1.29, 1.82) is 0 Å². The molecule has 0 amide bonds. The van der Waals surface area contributed by atoms with E-state index in [2.05, 4.69) is 9.82 Å². The summed E-state index contributed by atoms with van der Waals surface area (Å²) < 4.78 is 28.5. The van der Waals surface area contributed by atoms with Crippen LogP contribution in [0.3, 0.4) is 0 Å². The number of nitrogens with zero attached hydrogens (tertiary/aromatic N) is 2. The molecular formula is C12H16N4O2S. The van der Waals surface area contributed by atoms with Crippen LogP contribution < -0.4 is 10.5 Å². The van der Waals surface area contributed by atoms with Gasteiger partial charge in [0.05, 0.1) is 11.1 Å². The number of nitrogens with one attached hydrogen (secondary N) is 1. The molecule has 19 heavy (non-hydrogen) atoms. The fourth-order valence-electron chi connectivity index (χ4n) is 1.68. The number of anilines is 2. The van der Waals surface area contributed by atoms with Crippen molar-refractivity contribution in [3.8, 4) is 0 Å². The predicted molar refractivity (Wildman–Crippen MR) is 74.3 cm³/mol. The van der Waals surface area contributed by atoms with Crippen LogP contribution >= 0.6 is 0 Å². The maximum Gasteiger partial charge on any atom is 0.263 e. The third-order valence-electron chi connectivity index (χ3n) is 2.57. The molecule has 0 bridgehead atoms. The molecule has 0 fully saturated rings. The summed E-state index contributed by atoms with van der Waals surface area (Å²) in [4.78, 5) is 0.129. The van der Waals surface area contributed by atoms with Crippen molar-refractivity contribution in [3.05, 3.63) is 36.5 Å². The smallest absolute Gasteiger partial charge is 0.263 e. The highest BCUT2D eigenvalue weighted by Gasteiger charge is 2.17. The molecule has 0 atom stereocenters. The maximum atomic E-state index is 12.2. The second-order valence-electron chi connectivity index (χ2n) is 4.43. The van der Waals surface area contributed by atoms with Gasteiger partial charge in [0.1, 0.15) is 5.82 Å². The first-order valence-corrected chi connectivity index (χ1v) is 7.30. The predicted octanol–water partition coefficient (Wildman–Crippen LogP) is 1.85. The molecule has 0 saturated carbocycles. The van der Waals surface area contributed by atoms with Gasteiger partial charge >= 0.3 is 0 Å². The molecule has 0 radical (unpaired) electrons. The number of sulfonamides is 1. The van der Waals surface area contributed by atoms with Gasteiger partial charge in [-0.3, -0.25) is 4.72 Å². The van der Waals surface area contributed by atoms with Crippen LogP contribution in [0.1, 0.15) is 19.9 Å². The zero-order chi connectivity index (χ0) is 14.0. The van der Waals surface area contributed by atoms with Crippen LogP contribution in [0.5, 0.6) is 0 Å². The van der Waals surface area contributed by atoms with E-state index in [9.17, 15) is 8.42 Å². The largest absolute Gasteiger partial charge is 0.399 e. The lowest BCUT2D eigenvalue weighted by Gasteiger charge is -2.13. The Balaban J connectivity index is 2.34. The standard InChI is InChI=1S/C12H16N4O2S/c1-9(2)16-12(6-7-14-16)15-19(17,18)11-5-3-4-10(13)8-11/h3-9,15H,13H2,1-2H3. The fraction of sp³-hybridized carbons (Fsp3) is 0.250. The molecule has 102 valence electrons. The summed E-state index contributed by atoms with van der Waals surface area (Å²) in [6.07, 6.45) is 1.55. The molecule has 0 aliphatic heterocycles. The highest BCUT2D eigenvalue weighted by atomic mass is 32.2. The summed E-state index contributed by atoms with van der Waals surface area (Å²) in [5.74, 6) is 0.428. The lowest BCUT2D eigenvalue weighted by molar-refractivity contribution is 0.539. The Morgan fingerprint density at radius 3 is 2.68 bits per heavy atom. The van der Waals surface area contributed by atoms with E-state index in [-0.39, 0.29) is 10.9 Å². The normalized spacial score (nSPS) is 11.7. The zero-order valence-corrected chi connectivity index (χ0v) is 11.6. The summed E-state index contributed by atoms with van der Waals surface area (Å²) in [5, 5.41) is 4.08. The van der Waals surface area contributed by atoms with Crippen molar-refractivity contribution in [2.45, 2.75) is 24.8 Å². The van der Waals surface area contributed by atoms with Crippen LogP contribution in [-0.2, 0) is 10.0 Å². The van der Waals surface area contributed by atoms with Gasteiger partial charge in [-0.1, -0.05) is 6.07 Å². The quantitative estimate of drug-likeness (QED) is 0.836. The summed E-state index contributed by atoms with van der Waals surface area (Å²) in [6, 6.07) is 7.83. The minimum Gasteiger partial charge on any atom is -0.399 e. The van der Waals surface area contributed by atoms with Crippen molar-refractivity contribution in [3.63, 3.8) is 0 Å². The first-order chi connectivity index (χ1) is 8.90. The molecule has 7 heteroatoms. The van der Waals surface area contributed by atoms with E-state index in [4.69, 9.17) is 5.73 Å². The molecule has 1 heterocycles. The first kappa shape index (κ1) is 13.4. The molecule has 0 aliphatic carbocycles. The Morgan fingerprint density at radius 2 is 2.05 bits per heavy atom. The number of nitrogen functional groups attached to an aromatic ring is 1. The monoisotopic (exact) mass is 280 g/mol. The number of hydrogen-bond donors (Lipinski definition) is 2. The second kappa shape index (κ2) is 4.93. The van der Waals surface area contributed by atoms with Gasteiger partial charge in [0.25, 0.3) is 10.0 Å². The molecule has 1 aromatic carbocycles. The van der Waals surface area contributed by atoms with Crippen molar-refractivity contribution in [1.82, 2.24) is 9.78 Å². The Labute approximate surface area is 112 Å². The minimum atomic E-state index is -3.65. The van der Waals surface area contributed by atoms with E-state index in [1.807, 2.05) is 13.8 Å². The number of benzene rings is 1. The van der Waals surface area contributed by atoms with Gasteiger partial charge in [-0.2, -0.15) is 5.10 Å². The highest BCUT2D eigenvalue weighted by molar-refractivity contribution is 7.92. The van der Waals surface area contributed by atoms with Gasteiger partial charge in [0.15, 0.2) is 0 Å². The molecular weight excluding hydrogens is 264 g/mol. The second-order valence-corrected chi connectivity index (χ2v) is 6.12. The minimum absolute atomic E-state index is 0.0635. The summed E-state index contributed by atoms with van der Waals surface area (Å²) in [5.41, 5.74) is 6.00. The van der Waals surface area contributed by atoms with Crippen LogP contribution in [0.2, 0.25) is 0 Å². The van der Waals surface area contributed by atoms with Crippen LogP contribution in [-0.4, -0.2) is 18.2 Å². The molecule has 0 spiro atoms. The van der Waals surface area contributed by atoms with Crippen molar-refractivity contribution < 1.29 is 8.42 Å². The third kappa shape index (κ3) is 2.87. The molecule has 6 nitrogen and oxygen atoms in total. The lowest BCUT2D eigenvalue weighted by atomic mass is 10.3. The Morgan fingerprint density at radius 1 is 1.32 bits per heavy atom. The number of hydrogen-bond acceptors (Lipinski definition) is 4. The van der Waals surface area contributed by atoms with Gasteiger partial charge < -0.3 is 5.73 Å². The van der Waals surface area contributed by atoms with E-state index < -0.39 is 10.0 Å². The number of rotatable bonds is 4. The van der Waals surface area contributed by atoms with E-state index in [0.717, 1.165) is 0 Å². The van der Waals surface area contributed by atoms with E-state index in [1.54, 1.807) is 29.1 Å². The summed E-state index contributed by atoms with van der Waals surface area (Å²) in [6.45, 7) is 3.84. The van der Waals surface area contributed by atoms with Crippen molar-refractivity contribution in [2.24, 2.45) is 0 Å². The van der Waals surface area contributed by atoms with Crippen LogP contribution in [0.25, 0.3) is 0 Å². The van der Waals surface area contributed by atoms with Gasteiger partial charge in [-0.25, -0.2) is 13.1 Å². The Kier molecular flexibility index (Phi) is 3.48. The average molecular weight is 280 g/mol. The lowest BCUT2D eigenvalue weighted by Crippen LogP contribution is -2.17. The van der Waals surface area contributed by atoms with Crippen LogP contribution in [0.4, 0.5) is 11.5 Å². The molecule has 2 rings (SSSR count). The molecule has 0 saturated heterocycles. The topological polar surface area (TPSA) is 90.0 Å². The van der Waals surface area contributed by atoms with Gasteiger partial charge in [-0.05, 0) is 32.0 Å². The number of nitrogens with two attached hydrogens (primary N) is 1. The molecule has 1 aromatic heterocycles. The van der Waals surface area contributed by atoms with E-state index >= 15 is 0 Å². The van der Waals surface area contributed by atoms with E-state index in [1.165, 1.54) is 12.1 Å². The summed E-state index contributed by atoms with van der Waals surface area (Å²) >= 11 is 0. The average Bonchev–Trinajstić information content (AvgIpc) is 2.76. The molecule has 0 unspecified atom stereocenters. The highest BCUT2D eigenvalue weighted by Crippen LogP contribution is 2.19. The molecule has 3 N–H and O–H groups in total. The zero-order valence-electron chi connectivity index (χ0n) is 10.7. The fourth-order valence-corrected chi connectivity index (χ4v) is 2.79. The summed E-state index contributed by atoms with van der Waals surface area (Å²) in [7, 11) is -3.65. The first-order valence-electron chi connectivity index (χ1n) is 5.82. The number of aromatic nitrogens is 2. The van der Waals surface area contributed by atoms with Crippen molar-refractivity contribution >= 4 is 21.5 Å². The van der Waals surface area contributed by atoms with Crippen LogP contribution in [0.15, 0.2) is 41.4 Å². The van der Waals surface area contributed by atoms with Crippen LogP contribution in [0, 0.1) is 0 Å². The van der Waals surface area contributed by atoms with Gasteiger partial charge in [0, 0.05) is 17.8 Å². The van der Waals surface area contributed by atoms with Gasteiger partial charge in [-0.15, -0.1) is 0 Å². The SMILES string of the molecule is CC(C)n1nccc1NS(=O)(=O)c1cccc(N)c1. The van der Waals surface area contributed by atoms with Gasteiger partial charge in [0.2, 0.25) is 0 Å². The Hall–Kier alpha value is -2.02. The third-order valence-corrected chi connectivity index (χ3v) is 3.92. The Bertz CT molecular complexity index is 677. The van der Waals surface area contributed by atoms with Crippen molar-refractivity contribution in [2.75, 3.05) is 10.5 Å². The molecule has 2 aromatic rings. The maximum absolute atomic E-state index is 12.2. The van der Waals surface area contributed by atoms with E-state index in [0.29, 0.717) is 11.5 Å². The molecule has 0 aliphatic rings.